The summed E-state index contributed by atoms with van der Waals surface area (Å²) in [5, 5.41) is 3.80. The summed E-state index contributed by atoms with van der Waals surface area (Å²) < 4.78 is 0. The van der Waals surface area contributed by atoms with Crippen LogP contribution in [0.4, 0.5) is 0 Å². The molecule has 1 saturated carbocycles. The standard InChI is InChI=1S/C15H30N2/c1-3-15-10-7-11-17(15)13(2)12-16-14-8-5-4-6-9-14/h13-16H,3-12H2,1-2H3. The van der Waals surface area contributed by atoms with Crippen LogP contribution in [0.15, 0.2) is 0 Å². The number of nitrogens with one attached hydrogen (secondary N) is 1. The first-order valence-electron chi connectivity index (χ1n) is 7.80. The zero-order chi connectivity index (χ0) is 12.1. The van der Waals surface area contributed by atoms with Gasteiger partial charge in [-0.1, -0.05) is 26.2 Å². The van der Waals surface area contributed by atoms with Gasteiger partial charge < -0.3 is 5.32 Å². The summed E-state index contributed by atoms with van der Waals surface area (Å²) in [7, 11) is 0. The van der Waals surface area contributed by atoms with Crippen LogP contribution in [0.25, 0.3) is 0 Å². The van der Waals surface area contributed by atoms with E-state index < -0.39 is 0 Å². The molecule has 1 saturated heterocycles. The van der Waals surface area contributed by atoms with Gasteiger partial charge in [0.1, 0.15) is 0 Å². The molecule has 2 unspecified atom stereocenters. The molecule has 1 aliphatic carbocycles. The van der Waals surface area contributed by atoms with Gasteiger partial charge in [-0.3, -0.25) is 4.90 Å². The molecule has 2 rings (SSSR count). The third-order valence-electron chi connectivity index (χ3n) is 4.77. The number of hydrogen-bond acceptors (Lipinski definition) is 2. The van der Waals surface area contributed by atoms with E-state index in [1.807, 2.05) is 0 Å². The van der Waals surface area contributed by atoms with Crippen LogP contribution >= 0.6 is 0 Å². The van der Waals surface area contributed by atoms with Gasteiger partial charge in [0.2, 0.25) is 0 Å². The Kier molecular flexibility index (Phi) is 5.30. The van der Waals surface area contributed by atoms with Crippen LogP contribution in [0, 0.1) is 0 Å². The van der Waals surface area contributed by atoms with Gasteiger partial charge in [0.25, 0.3) is 0 Å². The SMILES string of the molecule is CCC1CCCN1C(C)CNC1CCCCC1. The quantitative estimate of drug-likeness (QED) is 0.791. The summed E-state index contributed by atoms with van der Waals surface area (Å²) in [6, 6.07) is 2.40. The van der Waals surface area contributed by atoms with E-state index in [1.165, 1.54) is 64.5 Å². The molecule has 1 heterocycles. The highest BCUT2D eigenvalue weighted by atomic mass is 15.2. The molecule has 0 aromatic rings. The lowest BCUT2D eigenvalue weighted by Gasteiger charge is -2.32. The Labute approximate surface area is 107 Å². The highest BCUT2D eigenvalue weighted by Gasteiger charge is 2.27. The normalized spacial score (nSPS) is 29.6. The van der Waals surface area contributed by atoms with Crippen LogP contribution in [0.2, 0.25) is 0 Å². The van der Waals surface area contributed by atoms with Gasteiger partial charge in [0, 0.05) is 24.7 Å². The van der Waals surface area contributed by atoms with E-state index in [9.17, 15) is 0 Å². The van der Waals surface area contributed by atoms with Crippen LogP contribution in [-0.2, 0) is 0 Å². The van der Waals surface area contributed by atoms with Crippen molar-refractivity contribution >= 4 is 0 Å². The number of rotatable bonds is 5. The molecule has 17 heavy (non-hydrogen) atoms. The molecule has 2 nitrogen and oxygen atoms in total. The molecule has 0 bridgehead atoms. The molecule has 0 aromatic carbocycles. The van der Waals surface area contributed by atoms with Gasteiger partial charge in [-0.15, -0.1) is 0 Å². The van der Waals surface area contributed by atoms with E-state index in [0.717, 1.165) is 18.1 Å². The van der Waals surface area contributed by atoms with Crippen LogP contribution < -0.4 is 5.32 Å². The molecule has 0 radical (unpaired) electrons. The fraction of sp³-hybridized carbons (Fsp3) is 1.00. The molecule has 0 amide bonds. The molecular formula is C15H30N2. The molecule has 2 aliphatic rings. The van der Waals surface area contributed by atoms with Gasteiger partial charge >= 0.3 is 0 Å². The van der Waals surface area contributed by atoms with Gasteiger partial charge in [0.15, 0.2) is 0 Å². The van der Waals surface area contributed by atoms with Crippen LogP contribution in [-0.4, -0.2) is 36.1 Å². The number of hydrogen-bond donors (Lipinski definition) is 1. The minimum absolute atomic E-state index is 0.726. The second-order valence-electron chi connectivity index (χ2n) is 6.03. The van der Waals surface area contributed by atoms with Crippen LogP contribution in [0.5, 0.6) is 0 Å². The first-order chi connectivity index (χ1) is 8.31. The lowest BCUT2D eigenvalue weighted by atomic mass is 9.95. The number of likely N-dealkylation sites (tertiary alicyclic amines) is 1. The van der Waals surface area contributed by atoms with Crippen molar-refractivity contribution in [2.75, 3.05) is 13.1 Å². The first-order valence-corrected chi connectivity index (χ1v) is 7.80. The summed E-state index contributed by atoms with van der Waals surface area (Å²) in [6.07, 6.45) is 11.3. The molecule has 1 aliphatic heterocycles. The van der Waals surface area contributed by atoms with Crippen LogP contribution in [0.3, 0.4) is 0 Å². The van der Waals surface area contributed by atoms with Crippen molar-refractivity contribution in [2.45, 2.75) is 83.3 Å². The lowest BCUT2D eigenvalue weighted by molar-refractivity contribution is 0.177. The summed E-state index contributed by atoms with van der Waals surface area (Å²) in [5.41, 5.74) is 0. The Bertz CT molecular complexity index is 211. The van der Waals surface area contributed by atoms with Crippen LogP contribution in [0.1, 0.15) is 65.2 Å². The highest BCUT2D eigenvalue weighted by Crippen LogP contribution is 2.22. The van der Waals surface area contributed by atoms with Gasteiger partial charge in [-0.25, -0.2) is 0 Å². The molecule has 0 aromatic heterocycles. The molecule has 0 spiro atoms. The second kappa shape index (κ2) is 6.75. The van der Waals surface area contributed by atoms with E-state index in [2.05, 4.69) is 24.1 Å². The van der Waals surface area contributed by atoms with Crippen molar-refractivity contribution < 1.29 is 0 Å². The van der Waals surface area contributed by atoms with Crippen molar-refractivity contribution in [3.8, 4) is 0 Å². The van der Waals surface area contributed by atoms with Crippen molar-refractivity contribution in [2.24, 2.45) is 0 Å². The molecule has 2 heteroatoms. The van der Waals surface area contributed by atoms with E-state index in [1.54, 1.807) is 0 Å². The molecule has 2 atom stereocenters. The van der Waals surface area contributed by atoms with E-state index >= 15 is 0 Å². The predicted octanol–water partition coefficient (Wildman–Crippen LogP) is 3.17. The fourth-order valence-electron chi connectivity index (χ4n) is 3.64. The average Bonchev–Trinajstić information content (AvgIpc) is 2.85. The number of nitrogens with zero attached hydrogens (tertiary/aromatic N) is 1. The molecular weight excluding hydrogens is 208 g/mol. The first kappa shape index (κ1) is 13.4. The van der Waals surface area contributed by atoms with Crippen molar-refractivity contribution in [1.29, 1.82) is 0 Å². The maximum absolute atomic E-state index is 3.80. The maximum atomic E-state index is 3.80. The van der Waals surface area contributed by atoms with Gasteiger partial charge in [-0.2, -0.15) is 0 Å². The third-order valence-corrected chi connectivity index (χ3v) is 4.77. The minimum Gasteiger partial charge on any atom is -0.312 e. The largest absolute Gasteiger partial charge is 0.312 e. The zero-order valence-corrected chi connectivity index (χ0v) is 11.8. The van der Waals surface area contributed by atoms with E-state index in [4.69, 9.17) is 0 Å². The van der Waals surface area contributed by atoms with Crippen molar-refractivity contribution in [1.82, 2.24) is 10.2 Å². The van der Waals surface area contributed by atoms with Gasteiger partial charge in [0.05, 0.1) is 0 Å². The second-order valence-corrected chi connectivity index (χ2v) is 6.03. The summed E-state index contributed by atoms with van der Waals surface area (Å²) >= 11 is 0. The Balaban J connectivity index is 1.70. The minimum atomic E-state index is 0.726. The van der Waals surface area contributed by atoms with Gasteiger partial charge in [-0.05, 0) is 45.6 Å². The lowest BCUT2D eigenvalue weighted by Crippen LogP contribution is -2.45. The molecule has 100 valence electrons. The highest BCUT2D eigenvalue weighted by molar-refractivity contribution is 4.84. The topological polar surface area (TPSA) is 15.3 Å². The fourth-order valence-corrected chi connectivity index (χ4v) is 3.64. The monoisotopic (exact) mass is 238 g/mol. The average molecular weight is 238 g/mol. The maximum Gasteiger partial charge on any atom is 0.0195 e. The Morgan fingerprint density at radius 2 is 1.88 bits per heavy atom. The Morgan fingerprint density at radius 1 is 1.12 bits per heavy atom. The molecule has 1 N–H and O–H groups in total. The summed E-state index contributed by atoms with van der Waals surface area (Å²) in [5.74, 6) is 0. The van der Waals surface area contributed by atoms with Crippen molar-refractivity contribution in [3.05, 3.63) is 0 Å². The Hall–Kier alpha value is -0.0800. The van der Waals surface area contributed by atoms with E-state index in [-0.39, 0.29) is 0 Å². The summed E-state index contributed by atoms with van der Waals surface area (Å²) in [4.78, 5) is 2.73. The summed E-state index contributed by atoms with van der Waals surface area (Å²) in [6.45, 7) is 7.27. The predicted molar refractivity (Wildman–Crippen MR) is 74.4 cm³/mol. The van der Waals surface area contributed by atoms with Crippen molar-refractivity contribution in [3.63, 3.8) is 0 Å². The molecule has 2 fully saturated rings. The Morgan fingerprint density at radius 3 is 2.59 bits per heavy atom. The smallest absolute Gasteiger partial charge is 0.0195 e. The zero-order valence-electron chi connectivity index (χ0n) is 11.8. The van der Waals surface area contributed by atoms with E-state index in [0.29, 0.717) is 0 Å². The third kappa shape index (κ3) is 3.69.